The van der Waals surface area contributed by atoms with Crippen molar-refractivity contribution in [3.05, 3.63) is 35.5 Å². The van der Waals surface area contributed by atoms with Gasteiger partial charge in [0.15, 0.2) is 5.82 Å². The smallest absolute Gasteiger partial charge is 0.238 e. The van der Waals surface area contributed by atoms with Gasteiger partial charge in [-0.2, -0.15) is 4.98 Å². The lowest BCUT2D eigenvalue weighted by Crippen LogP contribution is -2.38. The molecule has 7 heteroatoms. The van der Waals surface area contributed by atoms with Crippen LogP contribution in [0.3, 0.4) is 0 Å². The van der Waals surface area contributed by atoms with E-state index in [1.165, 1.54) is 0 Å². The summed E-state index contributed by atoms with van der Waals surface area (Å²) in [5.41, 5.74) is 1.79. The Morgan fingerprint density at radius 1 is 1.36 bits per heavy atom. The summed E-state index contributed by atoms with van der Waals surface area (Å²) < 4.78 is 10.6. The van der Waals surface area contributed by atoms with E-state index in [-0.39, 0.29) is 11.8 Å². The van der Waals surface area contributed by atoms with Crippen molar-refractivity contribution in [3.8, 4) is 5.75 Å². The summed E-state index contributed by atoms with van der Waals surface area (Å²) >= 11 is 0. The molecule has 0 atom stereocenters. The number of aromatic nitrogens is 2. The van der Waals surface area contributed by atoms with Crippen LogP contribution >= 0.6 is 0 Å². The Bertz CT molecular complexity index is 736. The molecule has 1 amide bonds. The molecular formula is C18H24N4O3. The van der Waals surface area contributed by atoms with E-state index in [2.05, 4.69) is 20.4 Å². The van der Waals surface area contributed by atoms with Crippen LogP contribution in [0.2, 0.25) is 0 Å². The highest BCUT2D eigenvalue weighted by atomic mass is 16.5. The van der Waals surface area contributed by atoms with Crippen molar-refractivity contribution < 1.29 is 14.1 Å². The van der Waals surface area contributed by atoms with Gasteiger partial charge in [0.25, 0.3) is 0 Å². The number of carbonyl (C=O) groups is 1. The first kappa shape index (κ1) is 17.4. The Balaban J connectivity index is 1.52. The number of likely N-dealkylation sites (tertiary alicyclic amines) is 1. The zero-order valence-electron chi connectivity index (χ0n) is 14.9. The number of amides is 1. The summed E-state index contributed by atoms with van der Waals surface area (Å²) in [7, 11) is 1.60. The molecule has 0 saturated carbocycles. The lowest BCUT2D eigenvalue weighted by molar-refractivity contribution is -0.117. The molecule has 7 nitrogen and oxygen atoms in total. The Labute approximate surface area is 147 Å². The molecule has 1 fully saturated rings. The molecule has 1 aliphatic heterocycles. The van der Waals surface area contributed by atoms with Crippen molar-refractivity contribution in [3.63, 3.8) is 0 Å². The van der Waals surface area contributed by atoms with Gasteiger partial charge >= 0.3 is 0 Å². The highest BCUT2D eigenvalue weighted by Gasteiger charge is 2.25. The van der Waals surface area contributed by atoms with Crippen molar-refractivity contribution >= 4 is 11.6 Å². The summed E-state index contributed by atoms with van der Waals surface area (Å²) in [6.07, 6.45) is 1.84. The highest BCUT2D eigenvalue weighted by Crippen LogP contribution is 2.27. The normalized spacial score (nSPS) is 16.0. The number of ether oxygens (including phenoxy) is 1. The van der Waals surface area contributed by atoms with E-state index in [9.17, 15) is 4.79 Å². The molecule has 1 aromatic heterocycles. The number of carbonyl (C=O) groups excluding carboxylic acids is 1. The van der Waals surface area contributed by atoms with Crippen LogP contribution in [0.5, 0.6) is 5.75 Å². The molecule has 0 spiro atoms. The first-order chi connectivity index (χ1) is 12.0. The van der Waals surface area contributed by atoms with E-state index in [0.29, 0.717) is 29.7 Å². The van der Waals surface area contributed by atoms with Crippen molar-refractivity contribution in [1.29, 1.82) is 0 Å². The number of rotatable bonds is 5. The molecule has 0 bridgehead atoms. The second-order valence-electron chi connectivity index (χ2n) is 6.48. The lowest BCUT2D eigenvalue weighted by atomic mass is 9.97. The largest absolute Gasteiger partial charge is 0.495 e. The topological polar surface area (TPSA) is 80.5 Å². The second kappa shape index (κ2) is 7.65. The summed E-state index contributed by atoms with van der Waals surface area (Å²) in [5, 5.41) is 6.80. The summed E-state index contributed by atoms with van der Waals surface area (Å²) in [5.74, 6) is 2.31. The van der Waals surface area contributed by atoms with Crippen LogP contribution in [0.1, 0.15) is 36.0 Å². The Morgan fingerprint density at radius 2 is 2.12 bits per heavy atom. The van der Waals surface area contributed by atoms with Gasteiger partial charge in [-0.05, 0) is 57.5 Å². The number of anilines is 1. The quantitative estimate of drug-likeness (QED) is 0.898. The molecule has 3 rings (SSSR count). The van der Waals surface area contributed by atoms with Gasteiger partial charge in [-0.25, -0.2) is 0 Å². The molecule has 134 valence electrons. The number of benzene rings is 1. The van der Waals surface area contributed by atoms with Gasteiger partial charge in [0.2, 0.25) is 11.8 Å². The maximum absolute atomic E-state index is 12.4. The minimum Gasteiger partial charge on any atom is -0.495 e. The van der Waals surface area contributed by atoms with E-state index in [4.69, 9.17) is 9.26 Å². The van der Waals surface area contributed by atoms with Crippen molar-refractivity contribution in [2.45, 2.75) is 32.6 Å². The molecule has 0 unspecified atom stereocenters. The molecule has 0 aliphatic carbocycles. The molecule has 2 aromatic rings. The van der Waals surface area contributed by atoms with Gasteiger partial charge in [0.05, 0.1) is 19.3 Å². The van der Waals surface area contributed by atoms with Gasteiger partial charge in [0, 0.05) is 5.92 Å². The third-order valence-electron chi connectivity index (χ3n) is 4.48. The van der Waals surface area contributed by atoms with Gasteiger partial charge < -0.3 is 14.6 Å². The van der Waals surface area contributed by atoms with Crippen LogP contribution in [0, 0.1) is 13.8 Å². The molecule has 0 radical (unpaired) electrons. The van der Waals surface area contributed by atoms with Crippen molar-refractivity contribution in [2.75, 3.05) is 32.1 Å². The standard InChI is InChI=1S/C18H24N4O3/c1-12-4-5-16(24-3)15(10-12)20-17(23)11-22-8-6-14(7-9-22)18-19-13(2)21-25-18/h4-5,10,14H,6-9,11H2,1-3H3,(H,20,23). The molecule has 1 aliphatic rings. The Hall–Kier alpha value is -2.41. The van der Waals surface area contributed by atoms with Crippen molar-refractivity contribution in [1.82, 2.24) is 15.0 Å². The number of nitrogens with one attached hydrogen (secondary N) is 1. The number of aryl methyl sites for hydroxylation is 2. The van der Waals surface area contributed by atoms with Crippen LogP contribution in [-0.2, 0) is 4.79 Å². The fourth-order valence-electron chi connectivity index (χ4n) is 3.13. The zero-order chi connectivity index (χ0) is 17.8. The average Bonchev–Trinajstić information content (AvgIpc) is 3.02. The van der Waals surface area contributed by atoms with Gasteiger partial charge in [-0.3, -0.25) is 9.69 Å². The number of hydrogen-bond acceptors (Lipinski definition) is 6. The first-order valence-corrected chi connectivity index (χ1v) is 8.52. The minimum absolute atomic E-state index is 0.0315. The van der Waals surface area contributed by atoms with E-state index in [1.807, 2.05) is 32.0 Å². The first-order valence-electron chi connectivity index (χ1n) is 8.52. The number of piperidine rings is 1. The van der Waals surface area contributed by atoms with Crippen LogP contribution in [0.4, 0.5) is 5.69 Å². The third kappa shape index (κ3) is 4.36. The molecular weight excluding hydrogens is 320 g/mol. The predicted molar refractivity (Wildman–Crippen MR) is 93.8 cm³/mol. The number of hydrogen-bond donors (Lipinski definition) is 1. The zero-order valence-corrected chi connectivity index (χ0v) is 14.9. The molecule has 1 N–H and O–H groups in total. The Kier molecular flexibility index (Phi) is 5.33. The molecule has 1 aromatic carbocycles. The van der Waals surface area contributed by atoms with Crippen LogP contribution in [0.15, 0.2) is 22.7 Å². The SMILES string of the molecule is COc1ccc(C)cc1NC(=O)CN1CCC(c2nc(C)no2)CC1. The number of methoxy groups -OCH3 is 1. The monoisotopic (exact) mass is 344 g/mol. The summed E-state index contributed by atoms with van der Waals surface area (Å²) in [6.45, 7) is 5.85. The number of nitrogens with zero attached hydrogens (tertiary/aromatic N) is 3. The Morgan fingerprint density at radius 3 is 2.76 bits per heavy atom. The van der Waals surface area contributed by atoms with E-state index in [1.54, 1.807) is 7.11 Å². The maximum atomic E-state index is 12.4. The molecule has 2 heterocycles. The molecule has 1 saturated heterocycles. The van der Waals surface area contributed by atoms with Crippen LogP contribution in [0.25, 0.3) is 0 Å². The highest BCUT2D eigenvalue weighted by molar-refractivity contribution is 5.93. The van der Waals surface area contributed by atoms with Crippen LogP contribution < -0.4 is 10.1 Å². The maximum Gasteiger partial charge on any atom is 0.238 e. The summed E-state index contributed by atoms with van der Waals surface area (Å²) in [6, 6.07) is 5.74. The van der Waals surface area contributed by atoms with Gasteiger partial charge in [-0.1, -0.05) is 11.2 Å². The van der Waals surface area contributed by atoms with Crippen LogP contribution in [-0.4, -0.2) is 47.7 Å². The van der Waals surface area contributed by atoms with E-state index in [0.717, 1.165) is 31.5 Å². The second-order valence-corrected chi connectivity index (χ2v) is 6.48. The van der Waals surface area contributed by atoms with Gasteiger partial charge in [-0.15, -0.1) is 0 Å². The van der Waals surface area contributed by atoms with E-state index < -0.39 is 0 Å². The fraction of sp³-hybridized carbons (Fsp3) is 0.500. The fourth-order valence-corrected chi connectivity index (χ4v) is 3.13. The third-order valence-corrected chi connectivity index (χ3v) is 4.48. The van der Waals surface area contributed by atoms with Gasteiger partial charge in [0.1, 0.15) is 5.75 Å². The predicted octanol–water partition coefficient (Wildman–Crippen LogP) is 2.51. The summed E-state index contributed by atoms with van der Waals surface area (Å²) in [4.78, 5) is 18.8. The minimum atomic E-state index is -0.0315. The van der Waals surface area contributed by atoms with E-state index >= 15 is 0 Å². The molecule has 25 heavy (non-hydrogen) atoms. The average molecular weight is 344 g/mol. The van der Waals surface area contributed by atoms with Crippen molar-refractivity contribution in [2.24, 2.45) is 0 Å². The lowest BCUT2D eigenvalue weighted by Gasteiger charge is -2.29.